The maximum atomic E-state index is 13.5. The van der Waals surface area contributed by atoms with E-state index in [2.05, 4.69) is 20.5 Å². The Morgan fingerprint density at radius 1 is 1.12 bits per heavy atom. The number of hydrogen-bond acceptors (Lipinski definition) is 5. The number of aryl methyl sites for hydroxylation is 2. The van der Waals surface area contributed by atoms with Gasteiger partial charge in [0.1, 0.15) is 5.69 Å². The fourth-order valence-corrected chi connectivity index (χ4v) is 3.60. The third kappa shape index (κ3) is 4.24. The van der Waals surface area contributed by atoms with Crippen molar-refractivity contribution < 1.29 is 35.9 Å². The number of aromatic nitrogens is 5. The van der Waals surface area contributed by atoms with Crippen LogP contribution in [0.2, 0.25) is 0 Å². The molecule has 0 aliphatic carbocycles. The van der Waals surface area contributed by atoms with Crippen LogP contribution in [0.15, 0.2) is 24.4 Å². The van der Waals surface area contributed by atoms with Gasteiger partial charge in [-0.3, -0.25) is 14.2 Å². The van der Waals surface area contributed by atoms with Crippen LogP contribution in [-0.2, 0) is 25.9 Å². The largest absolute Gasteiger partial charge is 0.481 e. The van der Waals surface area contributed by atoms with Gasteiger partial charge in [0, 0.05) is 37.5 Å². The van der Waals surface area contributed by atoms with E-state index < -0.39 is 35.6 Å². The molecule has 4 heterocycles. The fourth-order valence-electron chi connectivity index (χ4n) is 3.60. The van der Waals surface area contributed by atoms with Crippen molar-refractivity contribution >= 4 is 5.91 Å². The highest BCUT2D eigenvalue weighted by atomic mass is 19.4. The van der Waals surface area contributed by atoms with Gasteiger partial charge in [0.2, 0.25) is 5.88 Å². The highest BCUT2D eigenvalue weighted by molar-refractivity contribution is 5.93. The predicted molar refractivity (Wildman–Crippen MR) is 100 cm³/mol. The van der Waals surface area contributed by atoms with E-state index in [9.17, 15) is 31.1 Å². The van der Waals surface area contributed by atoms with E-state index >= 15 is 0 Å². The van der Waals surface area contributed by atoms with Gasteiger partial charge in [-0.05, 0) is 12.5 Å². The number of amides is 1. The highest BCUT2D eigenvalue weighted by Crippen LogP contribution is 2.39. The van der Waals surface area contributed by atoms with Crippen molar-refractivity contribution in [2.45, 2.75) is 31.4 Å². The summed E-state index contributed by atoms with van der Waals surface area (Å²) in [6, 6.07) is 2.47. The zero-order valence-electron chi connectivity index (χ0n) is 17.1. The third-order valence-corrected chi connectivity index (χ3v) is 5.18. The Kier molecular flexibility index (Phi) is 5.33. The van der Waals surface area contributed by atoms with E-state index in [0.717, 1.165) is 10.7 Å². The van der Waals surface area contributed by atoms with Crippen LogP contribution in [0.4, 0.5) is 26.3 Å². The number of rotatable bonds is 4. The molecule has 1 amide bonds. The Balaban J connectivity index is 1.63. The van der Waals surface area contributed by atoms with Gasteiger partial charge in [-0.1, -0.05) is 0 Å². The van der Waals surface area contributed by atoms with Gasteiger partial charge in [-0.15, -0.1) is 0 Å². The molecule has 1 aliphatic heterocycles. The Morgan fingerprint density at radius 3 is 2.45 bits per heavy atom. The SMILES string of the molecule is COc1cc(-c2cc3n(n2)CC[C@@H]3NC(=O)c2cc(C(F)(F)F)nn2C)c(C(F)(F)F)cn1. The first-order valence-corrected chi connectivity index (χ1v) is 9.50. The molecule has 3 aromatic heterocycles. The fraction of sp³-hybridized carbons (Fsp3) is 0.368. The van der Waals surface area contributed by atoms with E-state index in [0.29, 0.717) is 30.9 Å². The lowest BCUT2D eigenvalue weighted by molar-refractivity contribution is -0.141. The number of nitrogens with zero attached hydrogens (tertiary/aromatic N) is 5. The summed E-state index contributed by atoms with van der Waals surface area (Å²) in [7, 11) is 2.47. The molecule has 0 aromatic carbocycles. The number of ether oxygens (including phenoxy) is 1. The molecular weight excluding hydrogens is 458 g/mol. The zero-order valence-corrected chi connectivity index (χ0v) is 17.1. The van der Waals surface area contributed by atoms with Gasteiger partial charge in [0.15, 0.2) is 5.69 Å². The summed E-state index contributed by atoms with van der Waals surface area (Å²) < 4.78 is 86.2. The van der Waals surface area contributed by atoms with Gasteiger partial charge in [-0.25, -0.2) is 4.98 Å². The van der Waals surface area contributed by atoms with Crippen molar-refractivity contribution in [1.82, 2.24) is 29.9 Å². The molecular formula is C19H16F6N6O2. The molecule has 8 nitrogen and oxygen atoms in total. The van der Waals surface area contributed by atoms with Gasteiger partial charge < -0.3 is 10.1 Å². The lowest BCUT2D eigenvalue weighted by atomic mass is 10.1. The first-order chi connectivity index (χ1) is 15.4. The predicted octanol–water partition coefficient (Wildman–Crippen LogP) is 3.60. The van der Waals surface area contributed by atoms with Crippen LogP contribution in [0.1, 0.15) is 39.9 Å². The number of nitrogens with one attached hydrogen (secondary N) is 1. The maximum absolute atomic E-state index is 13.5. The second kappa shape index (κ2) is 7.78. The van der Waals surface area contributed by atoms with Crippen LogP contribution in [0.5, 0.6) is 5.88 Å². The summed E-state index contributed by atoms with van der Waals surface area (Å²) in [6.07, 6.45) is -8.38. The average molecular weight is 474 g/mol. The number of fused-ring (bicyclic) bond motifs is 1. The van der Waals surface area contributed by atoms with Crippen LogP contribution in [0.3, 0.4) is 0 Å². The third-order valence-electron chi connectivity index (χ3n) is 5.18. The summed E-state index contributed by atoms with van der Waals surface area (Å²) in [5.74, 6) is -0.837. The topological polar surface area (TPSA) is 86.9 Å². The minimum absolute atomic E-state index is 0.00290. The van der Waals surface area contributed by atoms with Crippen molar-refractivity contribution in [2.24, 2.45) is 7.05 Å². The summed E-state index contributed by atoms with van der Waals surface area (Å²) in [4.78, 5) is 16.2. The van der Waals surface area contributed by atoms with E-state index in [1.165, 1.54) is 24.9 Å². The van der Waals surface area contributed by atoms with E-state index in [1.54, 1.807) is 0 Å². The molecule has 33 heavy (non-hydrogen) atoms. The Labute approximate surface area is 182 Å². The molecule has 3 aromatic rings. The second-order valence-corrected chi connectivity index (χ2v) is 7.30. The summed E-state index contributed by atoms with van der Waals surface area (Å²) >= 11 is 0. The molecule has 0 saturated heterocycles. The number of carbonyl (C=O) groups excluding carboxylic acids is 1. The average Bonchev–Trinajstić information content (AvgIpc) is 3.41. The molecule has 0 saturated carbocycles. The number of carbonyl (C=O) groups is 1. The standard InChI is InChI=1S/C19H16F6N6O2/c1-30-14(7-15(29-30)19(23,24)25)17(32)27-11-3-4-31-13(11)6-12(28-31)9-5-16(33-2)26-8-10(9)18(20,21)22/h5-8,11H,3-4H2,1-2H3,(H,27,32)/t11-/m0/s1. The minimum atomic E-state index is -4.71. The lowest BCUT2D eigenvalue weighted by Crippen LogP contribution is -2.28. The Morgan fingerprint density at radius 2 is 1.85 bits per heavy atom. The first kappa shape index (κ1) is 22.6. The quantitative estimate of drug-likeness (QED) is 0.584. The van der Waals surface area contributed by atoms with Crippen molar-refractivity contribution in [1.29, 1.82) is 0 Å². The maximum Gasteiger partial charge on any atom is 0.435 e. The molecule has 176 valence electrons. The van der Waals surface area contributed by atoms with Crippen molar-refractivity contribution in [3.8, 4) is 17.1 Å². The van der Waals surface area contributed by atoms with E-state index in [1.807, 2.05) is 0 Å². The monoisotopic (exact) mass is 474 g/mol. The molecule has 0 bridgehead atoms. The van der Waals surface area contributed by atoms with Crippen molar-refractivity contribution in [2.75, 3.05) is 7.11 Å². The highest BCUT2D eigenvalue weighted by Gasteiger charge is 2.38. The normalized spacial score (nSPS) is 16.1. The smallest absolute Gasteiger partial charge is 0.435 e. The molecule has 1 aliphatic rings. The van der Waals surface area contributed by atoms with Gasteiger partial charge in [0.05, 0.1) is 30.1 Å². The number of halogens is 6. The molecule has 1 N–H and O–H groups in total. The molecule has 14 heteroatoms. The molecule has 0 fully saturated rings. The molecule has 0 unspecified atom stereocenters. The molecule has 0 spiro atoms. The van der Waals surface area contributed by atoms with Crippen molar-refractivity contribution in [3.63, 3.8) is 0 Å². The number of pyridine rings is 1. The van der Waals surface area contributed by atoms with E-state index in [-0.39, 0.29) is 22.8 Å². The zero-order chi connectivity index (χ0) is 24.1. The van der Waals surface area contributed by atoms with Crippen molar-refractivity contribution in [3.05, 3.63) is 47.0 Å². The van der Waals surface area contributed by atoms with Crippen LogP contribution in [0, 0.1) is 0 Å². The summed E-state index contributed by atoms with van der Waals surface area (Å²) in [5.41, 5.74) is -2.35. The second-order valence-electron chi connectivity index (χ2n) is 7.30. The molecule has 0 radical (unpaired) electrons. The molecule has 4 rings (SSSR count). The van der Waals surface area contributed by atoms with Gasteiger partial charge in [0.25, 0.3) is 5.91 Å². The minimum Gasteiger partial charge on any atom is -0.481 e. The van der Waals surface area contributed by atoms with E-state index in [4.69, 9.17) is 4.74 Å². The van der Waals surface area contributed by atoms with Crippen LogP contribution in [-0.4, -0.2) is 37.6 Å². The Bertz CT molecular complexity index is 1210. The summed E-state index contributed by atoms with van der Waals surface area (Å²) in [5, 5.41) is 10.1. The summed E-state index contributed by atoms with van der Waals surface area (Å²) in [6.45, 7) is 0.295. The van der Waals surface area contributed by atoms with Crippen LogP contribution in [0.25, 0.3) is 11.3 Å². The number of hydrogen-bond donors (Lipinski definition) is 1. The number of alkyl halides is 6. The van der Waals surface area contributed by atoms with Gasteiger partial charge in [-0.2, -0.15) is 36.5 Å². The Hall–Kier alpha value is -3.58. The first-order valence-electron chi connectivity index (χ1n) is 9.50. The lowest BCUT2D eigenvalue weighted by Gasteiger charge is -2.13. The van der Waals surface area contributed by atoms with Crippen LogP contribution < -0.4 is 10.1 Å². The van der Waals surface area contributed by atoms with Crippen LogP contribution >= 0.6 is 0 Å². The number of methoxy groups -OCH3 is 1. The molecule has 1 atom stereocenters. The van der Waals surface area contributed by atoms with Gasteiger partial charge >= 0.3 is 12.4 Å².